The van der Waals surface area contributed by atoms with Crippen molar-refractivity contribution in [3.8, 4) is 0 Å². The van der Waals surface area contributed by atoms with Gasteiger partial charge in [0.25, 0.3) is 0 Å². The van der Waals surface area contributed by atoms with Crippen LogP contribution >= 0.6 is 11.6 Å². The summed E-state index contributed by atoms with van der Waals surface area (Å²) in [5, 5.41) is 3.80. The monoisotopic (exact) mass is 226 g/mol. The van der Waals surface area contributed by atoms with E-state index >= 15 is 0 Å². The number of nitrogens with zero attached hydrogens (tertiary/aromatic N) is 2. The van der Waals surface area contributed by atoms with E-state index < -0.39 is 0 Å². The second-order valence-electron chi connectivity index (χ2n) is 3.92. The molecule has 1 aromatic heterocycles. The second-order valence-corrected chi connectivity index (χ2v) is 4.36. The molecule has 0 spiro atoms. The molecule has 0 amide bonds. The SMILES string of the molecule is N[C@@H]1CCCC[C@H]1Nc1ncc(Cl)cn1. The standard InChI is InChI=1S/C10H15ClN4/c11-7-5-13-10(14-6-7)15-9-4-2-1-3-8(9)12/h5-6,8-9H,1-4,12H2,(H,13,14,15)/t8-,9-/m1/s1. The zero-order valence-corrected chi connectivity index (χ0v) is 9.24. The average Bonchev–Trinajstić information content (AvgIpc) is 2.25. The number of halogens is 1. The number of hydrogen-bond donors (Lipinski definition) is 2. The van der Waals surface area contributed by atoms with Crippen LogP contribution in [0.5, 0.6) is 0 Å². The van der Waals surface area contributed by atoms with E-state index in [1.54, 1.807) is 12.4 Å². The molecule has 82 valence electrons. The molecule has 0 radical (unpaired) electrons. The topological polar surface area (TPSA) is 63.8 Å². The molecule has 1 fully saturated rings. The van der Waals surface area contributed by atoms with Gasteiger partial charge in [-0.2, -0.15) is 0 Å². The quantitative estimate of drug-likeness (QED) is 0.808. The van der Waals surface area contributed by atoms with Crippen molar-refractivity contribution < 1.29 is 0 Å². The van der Waals surface area contributed by atoms with Crippen molar-refractivity contribution in [2.24, 2.45) is 5.73 Å². The third-order valence-electron chi connectivity index (χ3n) is 2.75. The van der Waals surface area contributed by atoms with Gasteiger partial charge in [-0.05, 0) is 12.8 Å². The normalized spacial score (nSPS) is 26.3. The van der Waals surface area contributed by atoms with Crippen LogP contribution in [0.25, 0.3) is 0 Å². The number of rotatable bonds is 2. The lowest BCUT2D eigenvalue weighted by Crippen LogP contribution is -2.42. The van der Waals surface area contributed by atoms with Gasteiger partial charge in [0.15, 0.2) is 0 Å². The maximum atomic E-state index is 6.01. The molecule has 1 aromatic rings. The van der Waals surface area contributed by atoms with Gasteiger partial charge >= 0.3 is 0 Å². The van der Waals surface area contributed by atoms with Crippen LogP contribution in [-0.2, 0) is 0 Å². The molecule has 2 rings (SSSR count). The maximum absolute atomic E-state index is 6.01. The van der Waals surface area contributed by atoms with Gasteiger partial charge in [0.2, 0.25) is 5.95 Å². The number of aromatic nitrogens is 2. The smallest absolute Gasteiger partial charge is 0.222 e. The molecule has 3 N–H and O–H groups in total. The van der Waals surface area contributed by atoms with E-state index in [9.17, 15) is 0 Å². The first kappa shape index (κ1) is 10.6. The van der Waals surface area contributed by atoms with E-state index in [1.807, 2.05) is 0 Å². The third kappa shape index (κ3) is 2.79. The van der Waals surface area contributed by atoms with Crippen LogP contribution in [-0.4, -0.2) is 22.1 Å². The van der Waals surface area contributed by atoms with E-state index in [4.69, 9.17) is 17.3 Å². The van der Waals surface area contributed by atoms with Crippen molar-refractivity contribution in [3.63, 3.8) is 0 Å². The highest BCUT2D eigenvalue weighted by Gasteiger charge is 2.21. The fraction of sp³-hybridized carbons (Fsp3) is 0.600. The zero-order chi connectivity index (χ0) is 10.7. The Bertz CT molecular complexity index is 314. The third-order valence-corrected chi connectivity index (χ3v) is 2.95. The van der Waals surface area contributed by atoms with Crippen LogP contribution < -0.4 is 11.1 Å². The molecule has 1 heterocycles. The lowest BCUT2D eigenvalue weighted by Gasteiger charge is -2.29. The molecule has 1 aliphatic carbocycles. The summed E-state index contributed by atoms with van der Waals surface area (Å²) in [5.74, 6) is 0.613. The minimum atomic E-state index is 0.207. The first-order chi connectivity index (χ1) is 7.25. The van der Waals surface area contributed by atoms with Gasteiger partial charge in [0.1, 0.15) is 0 Å². The molecule has 2 atom stereocenters. The first-order valence-electron chi connectivity index (χ1n) is 5.25. The fourth-order valence-electron chi connectivity index (χ4n) is 1.89. The predicted octanol–water partition coefficient (Wildman–Crippen LogP) is 1.81. The van der Waals surface area contributed by atoms with Gasteiger partial charge in [-0.15, -0.1) is 0 Å². The molecule has 4 nitrogen and oxygen atoms in total. The molecule has 0 saturated heterocycles. The minimum absolute atomic E-state index is 0.207. The summed E-state index contributed by atoms with van der Waals surface area (Å²) in [6.07, 6.45) is 7.79. The van der Waals surface area contributed by atoms with Gasteiger partial charge in [0, 0.05) is 12.1 Å². The van der Waals surface area contributed by atoms with Crippen LogP contribution in [0.4, 0.5) is 5.95 Å². The number of hydrogen-bond acceptors (Lipinski definition) is 4. The molecular weight excluding hydrogens is 212 g/mol. The van der Waals surface area contributed by atoms with Gasteiger partial charge in [0.05, 0.1) is 17.4 Å². The summed E-state index contributed by atoms with van der Waals surface area (Å²) in [6.45, 7) is 0. The van der Waals surface area contributed by atoms with Crippen molar-refractivity contribution in [3.05, 3.63) is 17.4 Å². The highest BCUT2D eigenvalue weighted by atomic mass is 35.5. The van der Waals surface area contributed by atoms with E-state index in [1.165, 1.54) is 12.8 Å². The summed E-state index contributed by atoms with van der Waals surface area (Å²) >= 11 is 5.71. The highest BCUT2D eigenvalue weighted by molar-refractivity contribution is 6.30. The summed E-state index contributed by atoms with van der Waals surface area (Å²) in [6, 6.07) is 0.498. The van der Waals surface area contributed by atoms with Gasteiger partial charge in [-0.25, -0.2) is 9.97 Å². The van der Waals surface area contributed by atoms with Crippen molar-refractivity contribution in [2.75, 3.05) is 5.32 Å². The second kappa shape index (κ2) is 4.77. The maximum Gasteiger partial charge on any atom is 0.222 e. The van der Waals surface area contributed by atoms with Gasteiger partial charge < -0.3 is 11.1 Å². The molecular formula is C10H15ClN4. The van der Waals surface area contributed by atoms with Crippen molar-refractivity contribution in [1.82, 2.24) is 9.97 Å². The first-order valence-corrected chi connectivity index (χ1v) is 5.63. The fourth-order valence-corrected chi connectivity index (χ4v) is 1.99. The molecule has 0 aromatic carbocycles. The Hall–Kier alpha value is -0.870. The van der Waals surface area contributed by atoms with Crippen molar-refractivity contribution >= 4 is 17.5 Å². The van der Waals surface area contributed by atoms with Gasteiger partial charge in [-0.1, -0.05) is 24.4 Å². The van der Waals surface area contributed by atoms with Crippen molar-refractivity contribution in [2.45, 2.75) is 37.8 Å². The zero-order valence-electron chi connectivity index (χ0n) is 8.49. The summed E-state index contributed by atoms with van der Waals surface area (Å²) < 4.78 is 0. The summed E-state index contributed by atoms with van der Waals surface area (Å²) in [7, 11) is 0. The van der Waals surface area contributed by atoms with E-state index in [-0.39, 0.29) is 6.04 Å². The lowest BCUT2D eigenvalue weighted by atomic mass is 9.91. The highest BCUT2D eigenvalue weighted by Crippen LogP contribution is 2.19. The number of nitrogens with one attached hydrogen (secondary N) is 1. The van der Waals surface area contributed by atoms with Crippen LogP contribution in [0, 0.1) is 0 Å². The molecule has 5 heteroatoms. The Labute approximate surface area is 94.2 Å². The van der Waals surface area contributed by atoms with E-state index in [0.29, 0.717) is 17.0 Å². The Balaban J connectivity index is 1.98. The molecule has 1 saturated carbocycles. The molecule has 15 heavy (non-hydrogen) atoms. The van der Waals surface area contributed by atoms with E-state index in [0.717, 1.165) is 12.8 Å². The number of anilines is 1. The van der Waals surface area contributed by atoms with Crippen LogP contribution in [0.2, 0.25) is 5.02 Å². The summed E-state index contributed by atoms with van der Waals surface area (Å²) in [4.78, 5) is 8.19. The molecule has 0 aliphatic heterocycles. The Morgan fingerprint density at radius 3 is 2.60 bits per heavy atom. The lowest BCUT2D eigenvalue weighted by molar-refractivity contribution is 0.402. The Morgan fingerprint density at radius 1 is 1.27 bits per heavy atom. The van der Waals surface area contributed by atoms with Crippen LogP contribution in [0.15, 0.2) is 12.4 Å². The molecule has 1 aliphatic rings. The molecule has 0 unspecified atom stereocenters. The minimum Gasteiger partial charge on any atom is -0.350 e. The number of nitrogens with two attached hydrogens (primary N) is 1. The Kier molecular flexibility index (Phi) is 3.38. The predicted molar refractivity (Wildman–Crippen MR) is 60.9 cm³/mol. The average molecular weight is 227 g/mol. The van der Waals surface area contributed by atoms with Crippen LogP contribution in [0.1, 0.15) is 25.7 Å². The van der Waals surface area contributed by atoms with Gasteiger partial charge in [-0.3, -0.25) is 0 Å². The largest absolute Gasteiger partial charge is 0.350 e. The van der Waals surface area contributed by atoms with E-state index in [2.05, 4.69) is 15.3 Å². The Morgan fingerprint density at radius 2 is 1.93 bits per heavy atom. The molecule has 0 bridgehead atoms. The van der Waals surface area contributed by atoms with Crippen molar-refractivity contribution in [1.29, 1.82) is 0 Å². The summed E-state index contributed by atoms with van der Waals surface area (Å²) in [5.41, 5.74) is 6.01. The van der Waals surface area contributed by atoms with Crippen LogP contribution in [0.3, 0.4) is 0 Å².